The van der Waals surface area contributed by atoms with Crippen LogP contribution in [-0.4, -0.2) is 18.6 Å². The van der Waals surface area contributed by atoms with E-state index in [1.54, 1.807) is 12.1 Å². The quantitative estimate of drug-likeness (QED) is 0.763. The Kier molecular flexibility index (Phi) is 6.29. The molecule has 1 unspecified atom stereocenters. The molecule has 0 aliphatic rings. The molecule has 23 heavy (non-hydrogen) atoms. The van der Waals surface area contributed by atoms with Crippen LogP contribution in [0.25, 0.3) is 0 Å². The third-order valence-electron chi connectivity index (χ3n) is 3.46. The van der Waals surface area contributed by atoms with E-state index >= 15 is 0 Å². The first-order valence-corrected chi connectivity index (χ1v) is 8.01. The van der Waals surface area contributed by atoms with E-state index in [1.165, 1.54) is 0 Å². The number of hydrogen-bond donors (Lipinski definition) is 2. The first-order valence-electron chi connectivity index (χ1n) is 7.63. The lowest BCUT2D eigenvalue weighted by atomic mass is 10.1. The van der Waals surface area contributed by atoms with Gasteiger partial charge in [0.25, 0.3) is 5.91 Å². The van der Waals surface area contributed by atoms with Crippen molar-refractivity contribution in [1.82, 2.24) is 5.32 Å². The van der Waals surface area contributed by atoms with Crippen LogP contribution in [0.15, 0.2) is 48.5 Å². The van der Waals surface area contributed by atoms with E-state index in [4.69, 9.17) is 22.1 Å². The van der Waals surface area contributed by atoms with Gasteiger partial charge in [-0.3, -0.25) is 4.79 Å². The first-order chi connectivity index (χ1) is 11.1. The van der Waals surface area contributed by atoms with E-state index < -0.39 is 6.10 Å². The second kappa shape index (κ2) is 8.44. The molecule has 2 aromatic rings. The molecule has 0 heterocycles. The number of carbonyl (C=O) groups is 1. The van der Waals surface area contributed by atoms with Crippen LogP contribution in [0.4, 0.5) is 5.69 Å². The largest absolute Gasteiger partial charge is 0.479 e. The number of para-hydroxylation sites is 1. The van der Waals surface area contributed by atoms with Crippen LogP contribution < -0.4 is 15.8 Å². The van der Waals surface area contributed by atoms with Crippen molar-refractivity contribution in [2.24, 2.45) is 0 Å². The summed E-state index contributed by atoms with van der Waals surface area (Å²) in [5.41, 5.74) is 7.51. The minimum atomic E-state index is -0.554. The maximum Gasteiger partial charge on any atom is 0.261 e. The number of halogens is 1. The van der Waals surface area contributed by atoms with Gasteiger partial charge in [-0.1, -0.05) is 42.8 Å². The van der Waals surface area contributed by atoms with Gasteiger partial charge in [-0.15, -0.1) is 0 Å². The summed E-state index contributed by atoms with van der Waals surface area (Å²) >= 11 is 6.06. The number of carbonyl (C=O) groups excluding carboxylic acids is 1. The summed E-state index contributed by atoms with van der Waals surface area (Å²) < 4.78 is 5.71. The van der Waals surface area contributed by atoms with E-state index in [2.05, 4.69) is 5.32 Å². The Labute approximate surface area is 141 Å². The highest BCUT2D eigenvalue weighted by Crippen LogP contribution is 2.24. The van der Waals surface area contributed by atoms with Crippen molar-refractivity contribution >= 4 is 23.2 Å². The van der Waals surface area contributed by atoms with Crippen molar-refractivity contribution in [1.29, 1.82) is 0 Å². The molecule has 0 saturated heterocycles. The van der Waals surface area contributed by atoms with Crippen molar-refractivity contribution in [3.05, 3.63) is 59.1 Å². The molecule has 2 rings (SSSR count). The fourth-order valence-electron chi connectivity index (χ4n) is 2.14. The minimum Gasteiger partial charge on any atom is -0.479 e. The lowest BCUT2D eigenvalue weighted by Gasteiger charge is -2.18. The Bertz CT molecular complexity index is 644. The summed E-state index contributed by atoms with van der Waals surface area (Å²) in [7, 11) is 0. The molecule has 0 aromatic heterocycles. The maximum atomic E-state index is 12.2. The van der Waals surface area contributed by atoms with Crippen molar-refractivity contribution in [3.8, 4) is 5.75 Å². The zero-order valence-electron chi connectivity index (χ0n) is 13.1. The topological polar surface area (TPSA) is 64.3 Å². The number of rotatable bonds is 7. The molecule has 0 fully saturated rings. The third kappa shape index (κ3) is 5.18. The van der Waals surface area contributed by atoms with Gasteiger partial charge < -0.3 is 15.8 Å². The number of nitrogens with one attached hydrogen (secondary N) is 1. The highest BCUT2D eigenvalue weighted by Gasteiger charge is 2.18. The number of nitrogen functional groups attached to an aromatic ring is 1. The van der Waals surface area contributed by atoms with Gasteiger partial charge in [0.1, 0.15) is 5.75 Å². The van der Waals surface area contributed by atoms with Gasteiger partial charge in [0.2, 0.25) is 0 Å². The Morgan fingerprint density at radius 3 is 2.57 bits per heavy atom. The van der Waals surface area contributed by atoms with Gasteiger partial charge in [-0.25, -0.2) is 0 Å². The van der Waals surface area contributed by atoms with Gasteiger partial charge in [-0.05, 0) is 42.7 Å². The standard InChI is InChI=1S/C18H21ClN2O2/c1-2-16(23-17-6-4-3-5-15(17)19)18(22)21-12-11-13-7-9-14(20)10-8-13/h3-10,16H,2,11-12,20H2,1H3,(H,21,22). The summed E-state index contributed by atoms with van der Waals surface area (Å²) in [6.45, 7) is 2.45. The molecule has 0 aliphatic heterocycles. The number of amides is 1. The second-order valence-corrected chi connectivity index (χ2v) is 5.63. The van der Waals surface area contributed by atoms with Gasteiger partial charge in [0, 0.05) is 12.2 Å². The van der Waals surface area contributed by atoms with E-state index in [9.17, 15) is 4.79 Å². The fourth-order valence-corrected chi connectivity index (χ4v) is 2.32. The van der Waals surface area contributed by atoms with Crippen molar-refractivity contribution in [2.75, 3.05) is 12.3 Å². The summed E-state index contributed by atoms with van der Waals surface area (Å²) in [6.07, 6.45) is 0.759. The first kappa shape index (κ1) is 17.2. The van der Waals surface area contributed by atoms with Crippen LogP contribution in [0.2, 0.25) is 5.02 Å². The number of hydrogen-bond acceptors (Lipinski definition) is 3. The van der Waals surface area contributed by atoms with E-state index in [-0.39, 0.29) is 5.91 Å². The van der Waals surface area contributed by atoms with Crippen LogP contribution in [0.1, 0.15) is 18.9 Å². The van der Waals surface area contributed by atoms with E-state index in [0.29, 0.717) is 23.7 Å². The Balaban J connectivity index is 1.85. The van der Waals surface area contributed by atoms with Crippen LogP contribution in [-0.2, 0) is 11.2 Å². The van der Waals surface area contributed by atoms with Crippen LogP contribution in [0.5, 0.6) is 5.75 Å². The zero-order chi connectivity index (χ0) is 16.7. The van der Waals surface area contributed by atoms with Crippen molar-refractivity contribution < 1.29 is 9.53 Å². The smallest absolute Gasteiger partial charge is 0.261 e. The summed E-state index contributed by atoms with van der Waals surface area (Å²) in [5, 5.41) is 3.40. The van der Waals surface area contributed by atoms with Gasteiger partial charge in [0.05, 0.1) is 5.02 Å². The second-order valence-electron chi connectivity index (χ2n) is 5.23. The molecule has 4 nitrogen and oxygen atoms in total. The summed E-state index contributed by atoms with van der Waals surface area (Å²) in [6, 6.07) is 14.8. The van der Waals surface area contributed by atoms with Crippen LogP contribution in [0, 0.1) is 0 Å². The highest BCUT2D eigenvalue weighted by molar-refractivity contribution is 6.32. The van der Waals surface area contributed by atoms with Gasteiger partial charge >= 0.3 is 0 Å². The predicted molar refractivity (Wildman–Crippen MR) is 93.7 cm³/mol. The molecule has 3 N–H and O–H groups in total. The Morgan fingerprint density at radius 1 is 1.22 bits per heavy atom. The Morgan fingerprint density at radius 2 is 1.91 bits per heavy atom. The molecule has 0 radical (unpaired) electrons. The van der Waals surface area contributed by atoms with E-state index in [1.807, 2.05) is 43.3 Å². The Hall–Kier alpha value is -2.20. The molecule has 0 saturated carbocycles. The van der Waals surface area contributed by atoms with Crippen molar-refractivity contribution in [2.45, 2.75) is 25.9 Å². The lowest BCUT2D eigenvalue weighted by molar-refractivity contribution is -0.128. The molecule has 1 amide bonds. The summed E-state index contributed by atoms with van der Waals surface area (Å²) in [5.74, 6) is 0.387. The monoisotopic (exact) mass is 332 g/mol. The number of ether oxygens (including phenoxy) is 1. The number of anilines is 1. The predicted octanol–water partition coefficient (Wildman–Crippen LogP) is 3.44. The van der Waals surface area contributed by atoms with E-state index in [0.717, 1.165) is 17.7 Å². The summed E-state index contributed by atoms with van der Waals surface area (Å²) in [4.78, 5) is 12.2. The van der Waals surface area contributed by atoms with Crippen molar-refractivity contribution in [3.63, 3.8) is 0 Å². The average Bonchev–Trinajstić information content (AvgIpc) is 2.56. The zero-order valence-corrected chi connectivity index (χ0v) is 13.8. The molecule has 5 heteroatoms. The maximum absolute atomic E-state index is 12.2. The highest BCUT2D eigenvalue weighted by atomic mass is 35.5. The number of benzene rings is 2. The molecule has 0 bridgehead atoms. The van der Waals surface area contributed by atoms with Crippen LogP contribution in [0.3, 0.4) is 0 Å². The van der Waals surface area contributed by atoms with Gasteiger partial charge in [0.15, 0.2) is 6.10 Å². The molecule has 1 atom stereocenters. The third-order valence-corrected chi connectivity index (χ3v) is 3.77. The fraction of sp³-hybridized carbons (Fsp3) is 0.278. The van der Waals surface area contributed by atoms with Crippen LogP contribution >= 0.6 is 11.6 Å². The molecular formula is C18H21ClN2O2. The molecule has 122 valence electrons. The minimum absolute atomic E-state index is 0.136. The molecule has 0 spiro atoms. The SMILES string of the molecule is CCC(Oc1ccccc1Cl)C(=O)NCCc1ccc(N)cc1. The number of nitrogens with two attached hydrogens (primary N) is 1. The normalized spacial score (nSPS) is 11.7. The lowest BCUT2D eigenvalue weighted by Crippen LogP contribution is -2.39. The molecule has 2 aromatic carbocycles. The van der Waals surface area contributed by atoms with Gasteiger partial charge in [-0.2, -0.15) is 0 Å². The average molecular weight is 333 g/mol. The molecular weight excluding hydrogens is 312 g/mol. The molecule has 0 aliphatic carbocycles.